The molecule has 2 aromatic rings. The van der Waals surface area contributed by atoms with E-state index in [4.69, 9.17) is 0 Å². The SMILES string of the molecule is CN1[C@@H](CCC(=O)N2CCc3ccccc32)CNC(=O)[C@@H]2[C@@H]1CCN2Cc1ccc(F)cc1. The summed E-state index contributed by atoms with van der Waals surface area (Å²) in [5.41, 5.74) is 3.28. The maximum absolute atomic E-state index is 13.3. The number of benzene rings is 2. The molecule has 2 fully saturated rings. The molecule has 5 rings (SSSR count). The summed E-state index contributed by atoms with van der Waals surface area (Å²) in [5.74, 6) is -0.0432. The van der Waals surface area contributed by atoms with Gasteiger partial charge in [0.2, 0.25) is 11.8 Å². The average Bonchev–Trinajstić information content (AvgIpc) is 3.41. The highest BCUT2D eigenvalue weighted by Crippen LogP contribution is 2.30. The van der Waals surface area contributed by atoms with Gasteiger partial charge in [0, 0.05) is 50.4 Å². The van der Waals surface area contributed by atoms with Crippen LogP contribution in [0, 0.1) is 5.82 Å². The molecule has 0 aromatic heterocycles. The van der Waals surface area contributed by atoms with E-state index in [0.717, 1.165) is 43.6 Å². The largest absolute Gasteiger partial charge is 0.353 e. The van der Waals surface area contributed by atoms with Gasteiger partial charge in [0.25, 0.3) is 0 Å². The summed E-state index contributed by atoms with van der Waals surface area (Å²) >= 11 is 0. The topological polar surface area (TPSA) is 55.9 Å². The van der Waals surface area contributed by atoms with Crippen LogP contribution in [0.4, 0.5) is 10.1 Å². The zero-order valence-corrected chi connectivity index (χ0v) is 19.0. The fraction of sp³-hybridized carbons (Fsp3) is 0.462. The van der Waals surface area contributed by atoms with E-state index in [1.807, 2.05) is 23.1 Å². The van der Waals surface area contributed by atoms with Crippen molar-refractivity contribution in [2.75, 3.05) is 31.6 Å². The maximum Gasteiger partial charge on any atom is 0.239 e. The monoisotopic (exact) mass is 450 g/mol. The van der Waals surface area contributed by atoms with Gasteiger partial charge in [-0.2, -0.15) is 0 Å². The fourth-order valence-electron chi connectivity index (χ4n) is 5.67. The molecule has 3 atom stereocenters. The van der Waals surface area contributed by atoms with Gasteiger partial charge in [-0.05, 0) is 55.6 Å². The van der Waals surface area contributed by atoms with Crippen molar-refractivity contribution in [3.8, 4) is 0 Å². The van der Waals surface area contributed by atoms with Crippen LogP contribution in [-0.4, -0.2) is 66.4 Å². The number of nitrogens with zero attached hydrogens (tertiary/aromatic N) is 3. The van der Waals surface area contributed by atoms with Gasteiger partial charge in [0.05, 0.1) is 0 Å². The van der Waals surface area contributed by atoms with E-state index in [0.29, 0.717) is 19.5 Å². The highest BCUT2D eigenvalue weighted by Gasteiger charge is 2.45. The third-order valence-corrected chi connectivity index (χ3v) is 7.53. The van der Waals surface area contributed by atoms with Crippen LogP contribution >= 0.6 is 0 Å². The van der Waals surface area contributed by atoms with Crippen molar-refractivity contribution in [1.29, 1.82) is 0 Å². The van der Waals surface area contributed by atoms with Gasteiger partial charge in [-0.15, -0.1) is 0 Å². The van der Waals surface area contributed by atoms with E-state index >= 15 is 0 Å². The van der Waals surface area contributed by atoms with E-state index in [1.54, 1.807) is 12.1 Å². The van der Waals surface area contributed by atoms with Crippen molar-refractivity contribution >= 4 is 17.5 Å². The van der Waals surface area contributed by atoms with Gasteiger partial charge in [-0.3, -0.25) is 19.4 Å². The number of nitrogens with one attached hydrogen (secondary N) is 1. The Bertz CT molecular complexity index is 1030. The van der Waals surface area contributed by atoms with Gasteiger partial charge in [-0.1, -0.05) is 30.3 Å². The van der Waals surface area contributed by atoms with E-state index in [-0.39, 0.29) is 35.8 Å². The molecule has 2 aromatic carbocycles. The number of hydrogen-bond donors (Lipinski definition) is 1. The molecule has 0 unspecified atom stereocenters. The van der Waals surface area contributed by atoms with Gasteiger partial charge in [-0.25, -0.2) is 4.39 Å². The zero-order valence-electron chi connectivity index (χ0n) is 19.0. The molecule has 6 nitrogen and oxygen atoms in total. The number of carbonyl (C=O) groups is 2. The van der Waals surface area contributed by atoms with Crippen LogP contribution in [0.25, 0.3) is 0 Å². The van der Waals surface area contributed by atoms with Gasteiger partial charge >= 0.3 is 0 Å². The third-order valence-electron chi connectivity index (χ3n) is 7.53. The Morgan fingerprint density at radius 1 is 1.12 bits per heavy atom. The normalized spacial score (nSPS) is 25.5. The number of halogens is 1. The Morgan fingerprint density at radius 3 is 2.73 bits per heavy atom. The fourth-order valence-corrected chi connectivity index (χ4v) is 5.67. The minimum atomic E-state index is -0.250. The summed E-state index contributed by atoms with van der Waals surface area (Å²) in [4.78, 5) is 32.4. The molecule has 174 valence electrons. The van der Waals surface area contributed by atoms with Crippen LogP contribution in [0.5, 0.6) is 0 Å². The van der Waals surface area contributed by atoms with Crippen LogP contribution in [-0.2, 0) is 22.6 Å². The van der Waals surface area contributed by atoms with Crippen LogP contribution < -0.4 is 10.2 Å². The second kappa shape index (κ2) is 9.23. The minimum Gasteiger partial charge on any atom is -0.353 e. The van der Waals surface area contributed by atoms with Gasteiger partial charge in [0.1, 0.15) is 11.9 Å². The summed E-state index contributed by atoms with van der Waals surface area (Å²) < 4.78 is 13.3. The summed E-state index contributed by atoms with van der Waals surface area (Å²) in [6.45, 7) is 2.75. The molecular formula is C26H31FN4O2. The molecule has 3 aliphatic heterocycles. The van der Waals surface area contributed by atoms with Gasteiger partial charge < -0.3 is 10.2 Å². The number of hydrogen-bond acceptors (Lipinski definition) is 4. The number of fused-ring (bicyclic) bond motifs is 2. The molecular weight excluding hydrogens is 419 g/mol. The molecule has 0 radical (unpaired) electrons. The highest BCUT2D eigenvalue weighted by atomic mass is 19.1. The predicted octanol–water partition coefficient (Wildman–Crippen LogP) is 2.57. The Labute approximate surface area is 194 Å². The lowest BCUT2D eigenvalue weighted by molar-refractivity contribution is -0.126. The summed E-state index contributed by atoms with van der Waals surface area (Å²) in [5, 5.41) is 3.12. The Balaban J connectivity index is 1.22. The smallest absolute Gasteiger partial charge is 0.239 e. The molecule has 3 heterocycles. The molecule has 1 N–H and O–H groups in total. The molecule has 0 bridgehead atoms. The van der Waals surface area contributed by atoms with E-state index in [9.17, 15) is 14.0 Å². The number of para-hydroxylation sites is 1. The first-order chi connectivity index (χ1) is 16.0. The zero-order chi connectivity index (χ0) is 22.9. The molecule has 2 amide bonds. The van der Waals surface area contributed by atoms with Crippen molar-refractivity contribution < 1.29 is 14.0 Å². The molecule has 2 saturated heterocycles. The van der Waals surface area contributed by atoms with E-state index in [1.165, 1.54) is 17.7 Å². The van der Waals surface area contributed by atoms with Crippen molar-refractivity contribution in [2.24, 2.45) is 0 Å². The van der Waals surface area contributed by atoms with Crippen LogP contribution in [0.1, 0.15) is 30.4 Å². The first-order valence-corrected chi connectivity index (χ1v) is 11.9. The van der Waals surface area contributed by atoms with Crippen molar-refractivity contribution in [3.63, 3.8) is 0 Å². The number of likely N-dealkylation sites (N-methyl/N-ethyl adjacent to an activating group) is 1. The minimum absolute atomic E-state index is 0.0498. The summed E-state index contributed by atoms with van der Waals surface area (Å²) in [6, 6.07) is 14.6. The first kappa shape index (κ1) is 22.0. The standard InChI is InChI=1S/C26H31FN4O2/c1-29-21(10-11-24(32)31-15-12-19-4-2-3-5-22(19)31)16-28-26(33)25-23(29)13-14-30(25)17-18-6-8-20(27)9-7-18/h2-9,21,23,25H,10-17H2,1H3,(H,28,33)/t21-,23-,25-/m0/s1. The third kappa shape index (κ3) is 4.39. The van der Waals surface area contributed by atoms with Crippen molar-refractivity contribution in [3.05, 3.63) is 65.5 Å². The van der Waals surface area contributed by atoms with E-state index in [2.05, 4.69) is 28.2 Å². The van der Waals surface area contributed by atoms with E-state index < -0.39 is 0 Å². The summed E-state index contributed by atoms with van der Waals surface area (Å²) in [6.07, 6.45) is 3.00. The number of rotatable bonds is 5. The number of amides is 2. The Hall–Kier alpha value is -2.77. The lowest BCUT2D eigenvalue weighted by atomic mass is 10.0. The van der Waals surface area contributed by atoms with Crippen molar-refractivity contribution in [2.45, 2.75) is 50.4 Å². The average molecular weight is 451 g/mol. The first-order valence-electron chi connectivity index (χ1n) is 11.9. The maximum atomic E-state index is 13.3. The molecule has 0 spiro atoms. The number of likely N-dealkylation sites (tertiary alicyclic amines) is 1. The molecule has 7 heteroatoms. The molecule has 0 saturated carbocycles. The quantitative estimate of drug-likeness (QED) is 0.761. The number of anilines is 1. The van der Waals surface area contributed by atoms with Crippen LogP contribution in [0.2, 0.25) is 0 Å². The van der Waals surface area contributed by atoms with Crippen LogP contribution in [0.3, 0.4) is 0 Å². The molecule has 3 aliphatic rings. The predicted molar refractivity (Wildman–Crippen MR) is 125 cm³/mol. The Morgan fingerprint density at radius 2 is 1.91 bits per heavy atom. The van der Waals surface area contributed by atoms with Crippen LogP contribution in [0.15, 0.2) is 48.5 Å². The van der Waals surface area contributed by atoms with Gasteiger partial charge in [0.15, 0.2) is 0 Å². The molecule has 33 heavy (non-hydrogen) atoms. The second-order valence-electron chi connectivity index (χ2n) is 9.43. The summed E-state index contributed by atoms with van der Waals surface area (Å²) in [7, 11) is 2.08. The van der Waals surface area contributed by atoms with Crippen molar-refractivity contribution in [1.82, 2.24) is 15.1 Å². The molecule has 0 aliphatic carbocycles. The lowest BCUT2D eigenvalue weighted by Gasteiger charge is -2.33. The second-order valence-corrected chi connectivity index (χ2v) is 9.43. The Kier molecular flexibility index (Phi) is 6.17. The highest BCUT2D eigenvalue weighted by molar-refractivity contribution is 5.95. The number of carbonyl (C=O) groups excluding carboxylic acids is 2. The lowest BCUT2D eigenvalue weighted by Crippen LogP contribution is -2.49.